The molecule has 20 heavy (non-hydrogen) atoms. The lowest BCUT2D eigenvalue weighted by atomic mass is 10.1. The molecule has 1 aromatic heterocycles. The first-order valence-corrected chi connectivity index (χ1v) is 6.60. The lowest BCUT2D eigenvalue weighted by Gasteiger charge is -2.14. The highest BCUT2D eigenvalue weighted by Crippen LogP contribution is 2.17. The van der Waals surface area contributed by atoms with Gasteiger partial charge in [-0.15, -0.1) is 0 Å². The topological polar surface area (TPSA) is 62.5 Å². The number of aryl methyl sites for hydroxylation is 2. The number of hydrogen-bond acceptors (Lipinski definition) is 3. The zero-order valence-corrected chi connectivity index (χ0v) is 11.9. The molecule has 0 amide bonds. The molecule has 2 rings (SSSR count). The number of nitrogens with one attached hydrogen (secondary N) is 1. The fraction of sp³-hybridized carbons (Fsp3) is 0.312. The van der Waals surface area contributed by atoms with E-state index in [1.807, 2.05) is 0 Å². The Bertz CT molecular complexity index is 599. The standard InChI is InChI=1S/C16H19NO3/c1-10-4-6-13(7-5-10)11(2)17-9-14-8-15(16(18)19)20-12(14)3/h4-8,11,17H,9H2,1-3H3,(H,18,19)/t11-/m1/s1. The molecule has 1 aromatic carbocycles. The summed E-state index contributed by atoms with van der Waals surface area (Å²) in [6, 6.07) is 10.1. The summed E-state index contributed by atoms with van der Waals surface area (Å²) >= 11 is 0. The van der Waals surface area contributed by atoms with E-state index in [4.69, 9.17) is 9.52 Å². The average Bonchev–Trinajstić information content (AvgIpc) is 2.78. The van der Waals surface area contributed by atoms with Gasteiger partial charge in [0.25, 0.3) is 0 Å². The van der Waals surface area contributed by atoms with Crippen LogP contribution in [-0.4, -0.2) is 11.1 Å². The van der Waals surface area contributed by atoms with Crippen molar-refractivity contribution in [3.63, 3.8) is 0 Å². The first kappa shape index (κ1) is 14.3. The van der Waals surface area contributed by atoms with Crippen molar-refractivity contribution >= 4 is 5.97 Å². The van der Waals surface area contributed by atoms with E-state index in [0.29, 0.717) is 12.3 Å². The molecule has 0 bridgehead atoms. The smallest absolute Gasteiger partial charge is 0.371 e. The van der Waals surface area contributed by atoms with E-state index in [-0.39, 0.29) is 11.8 Å². The monoisotopic (exact) mass is 273 g/mol. The quantitative estimate of drug-likeness (QED) is 0.876. The molecule has 106 valence electrons. The summed E-state index contributed by atoms with van der Waals surface area (Å²) in [4.78, 5) is 10.8. The van der Waals surface area contributed by atoms with Gasteiger partial charge in [-0.05, 0) is 32.4 Å². The maximum absolute atomic E-state index is 10.8. The molecule has 0 saturated heterocycles. The van der Waals surface area contributed by atoms with Crippen LogP contribution in [0.25, 0.3) is 0 Å². The maximum Gasteiger partial charge on any atom is 0.371 e. The summed E-state index contributed by atoms with van der Waals surface area (Å²) < 4.78 is 5.19. The first-order valence-electron chi connectivity index (χ1n) is 6.60. The van der Waals surface area contributed by atoms with Crippen LogP contribution >= 0.6 is 0 Å². The van der Waals surface area contributed by atoms with E-state index in [1.54, 1.807) is 13.0 Å². The van der Waals surface area contributed by atoms with Crippen LogP contribution in [0.5, 0.6) is 0 Å². The Morgan fingerprint density at radius 1 is 1.30 bits per heavy atom. The van der Waals surface area contributed by atoms with Gasteiger partial charge in [-0.1, -0.05) is 29.8 Å². The minimum atomic E-state index is -1.04. The molecule has 2 aromatic rings. The second kappa shape index (κ2) is 5.92. The van der Waals surface area contributed by atoms with Crippen LogP contribution in [0.3, 0.4) is 0 Å². The number of furan rings is 1. The highest BCUT2D eigenvalue weighted by atomic mass is 16.4. The summed E-state index contributed by atoms with van der Waals surface area (Å²) in [5.74, 6) is -0.403. The van der Waals surface area contributed by atoms with Gasteiger partial charge in [0.2, 0.25) is 5.76 Å². The van der Waals surface area contributed by atoms with Crippen molar-refractivity contribution in [1.29, 1.82) is 0 Å². The van der Waals surface area contributed by atoms with Gasteiger partial charge in [-0.3, -0.25) is 0 Å². The lowest BCUT2D eigenvalue weighted by molar-refractivity contribution is 0.0661. The third kappa shape index (κ3) is 3.27. The number of hydrogen-bond donors (Lipinski definition) is 2. The van der Waals surface area contributed by atoms with Gasteiger partial charge in [0.05, 0.1) is 0 Å². The molecule has 2 N–H and O–H groups in total. The number of carbonyl (C=O) groups is 1. The second-order valence-corrected chi connectivity index (χ2v) is 5.01. The minimum absolute atomic E-state index is 0.0118. The number of rotatable bonds is 5. The van der Waals surface area contributed by atoms with Gasteiger partial charge >= 0.3 is 5.97 Å². The molecule has 4 nitrogen and oxygen atoms in total. The Balaban J connectivity index is 2.01. The Hall–Kier alpha value is -2.07. The van der Waals surface area contributed by atoms with Crippen molar-refractivity contribution in [3.8, 4) is 0 Å². The van der Waals surface area contributed by atoms with E-state index >= 15 is 0 Å². The molecule has 0 aliphatic rings. The van der Waals surface area contributed by atoms with Crippen LogP contribution in [0.1, 0.15) is 46.0 Å². The highest BCUT2D eigenvalue weighted by molar-refractivity contribution is 5.84. The Labute approximate surface area is 118 Å². The zero-order chi connectivity index (χ0) is 14.7. The molecule has 0 aliphatic heterocycles. The van der Waals surface area contributed by atoms with Crippen LogP contribution in [-0.2, 0) is 6.54 Å². The van der Waals surface area contributed by atoms with Gasteiger partial charge < -0.3 is 14.8 Å². The summed E-state index contributed by atoms with van der Waals surface area (Å²) in [6.45, 7) is 6.50. The molecule has 0 unspecified atom stereocenters. The molecular formula is C16H19NO3. The predicted molar refractivity (Wildman–Crippen MR) is 76.8 cm³/mol. The summed E-state index contributed by atoms with van der Waals surface area (Å²) in [5, 5.41) is 12.3. The molecule has 0 spiro atoms. The van der Waals surface area contributed by atoms with E-state index in [2.05, 4.69) is 43.4 Å². The third-order valence-electron chi connectivity index (χ3n) is 3.41. The maximum atomic E-state index is 10.8. The summed E-state index contributed by atoms with van der Waals surface area (Å²) in [6.07, 6.45) is 0. The normalized spacial score (nSPS) is 12.3. The minimum Gasteiger partial charge on any atom is -0.475 e. The Morgan fingerprint density at radius 2 is 1.95 bits per heavy atom. The van der Waals surface area contributed by atoms with Gasteiger partial charge in [-0.25, -0.2) is 4.79 Å². The van der Waals surface area contributed by atoms with E-state index in [1.165, 1.54) is 11.1 Å². The number of carboxylic acids is 1. The molecule has 1 atom stereocenters. The van der Waals surface area contributed by atoms with Gasteiger partial charge in [0.15, 0.2) is 0 Å². The van der Waals surface area contributed by atoms with Gasteiger partial charge in [-0.2, -0.15) is 0 Å². The predicted octanol–water partition coefficient (Wildman–Crippen LogP) is 3.45. The first-order chi connectivity index (χ1) is 9.47. The van der Waals surface area contributed by atoms with Crippen molar-refractivity contribution in [2.45, 2.75) is 33.4 Å². The van der Waals surface area contributed by atoms with Crippen LogP contribution in [0.15, 0.2) is 34.7 Å². The summed E-state index contributed by atoms with van der Waals surface area (Å²) in [7, 11) is 0. The van der Waals surface area contributed by atoms with Crippen molar-refractivity contribution in [2.24, 2.45) is 0 Å². The third-order valence-corrected chi connectivity index (χ3v) is 3.41. The second-order valence-electron chi connectivity index (χ2n) is 5.01. The van der Waals surface area contributed by atoms with Crippen LogP contribution in [0.2, 0.25) is 0 Å². The zero-order valence-electron chi connectivity index (χ0n) is 11.9. The average molecular weight is 273 g/mol. The van der Waals surface area contributed by atoms with Crippen molar-refractivity contribution in [2.75, 3.05) is 0 Å². The van der Waals surface area contributed by atoms with Gasteiger partial charge in [0, 0.05) is 18.2 Å². The van der Waals surface area contributed by atoms with E-state index < -0.39 is 5.97 Å². The van der Waals surface area contributed by atoms with Crippen molar-refractivity contribution < 1.29 is 14.3 Å². The molecule has 4 heteroatoms. The molecule has 0 radical (unpaired) electrons. The largest absolute Gasteiger partial charge is 0.475 e. The fourth-order valence-electron chi connectivity index (χ4n) is 2.04. The van der Waals surface area contributed by atoms with E-state index in [0.717, 1.165) is 5.56 Å². The Morgan fingerprint density at radius 3 is 2.50 bits per heavy atom. The Kier molecular flexibility index (Phi) is 4.25. The van der Waals surface area contributed by atoms with Crippen molar-refractivity contribution in [1.82, 2.24) is 5.32 Å². The van der Waals surface area contributed by atoms with Crippen LogP contribution in [0, 0.1) is 13.8 Å². The highest BCUT2D eigenvalue weighted by Gasteiger charge is 2.13. The molecule has 0 aliphatic carbocycles. The van der Waals surface area contributed by atoms with Crippen LogP contribution in [0.4, 0.5) is 0 Å². The summed E-state index contributed by atoms with van der Waals surface area (Å²) in [5.41, 5.74) is 3.31. The van der Waals surface area contributed by atoms with Crippen LogP contribution < -0.4 is 5.32 Å². The van der Waals surface area contributed by atoms with Crippen molar-refractivity contribution in [3.05, 3.63) is 58.5 Å². The molecular weight excluding hydrogens is 254 g/mol. The van der Waals surface area contributed by atoms with Gasteiger partial charge in [0.1, 0.15) is 5.76 Å². The molecule has 1 heterocycles. The lowest BCUT2D eigenvalue weighted by Crippen LogP contribution is -2.18. The van der Waals surface area contributed by atoms with E-state index in [9.17, 15) is 4.79 Å². The number of benzene rings is 1. The molecule has 0 fully saturated rings. The number of aromatic carboxylic acids is 1. The molecule has 0 saturated carbocycles. The SMILES string of the molecule is Cc1ccc([C@@H](C)NCc2cc(C(=O)O)oc2C)cc1. The number of carboxylic acid groups (broad SMARTS) is 1. The fourth-order valence-corrected chi connectivity index (χ4v) is 2.04.